The van der Waals surface area contributed by atoms with Gasteiger partial charge < -0.3 is 15.4 Å². The third-order valence-electron chi connectivity index (χ3n) is 5.19. The smallest absolute Gasteiger partial charge is 0.379 e. The van der Waals surface area contributed by atoms with Gasteiger partial charge >= 0.3 is 6.18 Å². The molecule has 29 heavy (non-hydrogen) atoms. The average Bonchev–Trinajstić information content (AvgIpc) is 3.37. The largest absolute Gasteiger partial charge is 0.410 e. The molecule has 2 N–H and O–H groups in total. The van der Waals surface area contributed by atoms with E-state index in [1.54, 1.807) is 12.1 Å². The van der Waals surface area contributed by atoms with Crippen molar-refractivity contribution in [3.63, 3.8) is 0 Å². The van der Waals surface area contributed by atoms with Crippen molar-refractivity contribution in [2.45, 2.75) is 24.7 Å². The first-order chi connectivity index (χ1) is 13.9. The van der Waals surface area contributed by atoms with Crippen LogP contribution in [0.1, 0.15) is 33.7 Å². The van der Waals surface area contributed by atoms with Gasteiger partial charge in [0.1, 0.15) is 11.4 Å². The molecular formula is C18H22F3N5O2S. The highest BCUT2D eigenvalue weighted by atomic mass is 32.1. The summed E-state index contributed by atoms with van der Waals surface area (Å²) in [4.78, 5) is 15.6. The van der Waals surface area contributed by atoms with Gasteiger partial charge in [-0.25, -0.2) is 4.68 Å². The molecule has 2 aliphatic heterocycles. The van der Waals surface area contributed by atoms with Crippen LogP contribution in [-0.4, -0.2) is 66.2 Å². The molecule has 0 aromatic carbocycles. The predicted octanol–water partition coefficient (Wildman–Crippen LogP) is 2.67. The molecule has 4 rings (SSSR count). The maximum atomic E-state index is 13.7. The van der Waals surface area contributed by atoms with Gasteiger partial charge in [0.25, 0.3) is 5.91 Å². The molecule has 0 unspecified atom stereocenters. The summed E-state index contributed by atoms with van der Waals surface area (Å²) in [7, 11) is 0. The lowest BCUT2D eigenvalue weighted by Gasteiger charge is -2.33. The number of anilines is 1. The Balaban J connectivity index is 1.49. The highest BCUT2D eigenvalue weighted by Gasteiger charge is 2.47. The monoisotopic (exact) mass is 429 g/mol. The van der Waals surface area contributed by atoms with Gasteiger partial charge in [-0.05, 0) is 11.4 Å². The third kappa shape index (κ3) is 4.41. The van der Waals surface area contributed by atoms with E-state index in [4.69, 9.17) is 4.74 Å². The van der Waals surface area contributed by atoms with Crippen molar-refractivity contribution in [3.05, 3.63) is 34.2 Å². The number of hydrogen-bond acceptors (Lipinski definition) is 6. The van der Waals surface area contributed by atoms with Gasteiger partial charge in [-0.2, -0.15) is 18.3 Å². The number of thiophene rings is 1. The fourth-order valence-corrected chi connectivity index (χ4v) is 4.44. The van der Waals surface area contributed by atoms with Crippen LogP contribution in [0.15, 0.2) is 23.7 Å². The first kappa shape index (κ1) is 20.2. The number of nitrogens with one attached hydrogen (secondary N) is 2. The van der Waals surface area contributed by atoms with E-state index in [-0.39, 0.29) is 17.8 Å². The number of alkyl halides is 3. The first-order valence-electron chi connectivity index (χ1n) is 9.46. The summed E-state index contributed by atoms with van der Waals surface area (Å²) < 4.78 is 47.1. The number of rotatable bonds is 5. The first-order valence-corrected chi connectivity index (χ1v) is 10.3. The fourth-order valence-electron chi connectivity index (χ4n) is 3.65. The van der Waals surface area contributed by atoms with Gasteiger partial charge in [0, 0.05) is 37.5 Å². The number of ether oxygens (including phenoxy) is 1. The highest BCUT2D eigenvalue weighted by Crippen LogP contribution is 2.44. The Kier molecular flexibility index (Phi) is 5.79. The maximum absolute atomic E-state index is 13.7. The van der Waals surface area contributed by atoms with Gasteiger partial charge in [-0.15, -0.1) is 11.3 Å². The number of morpholine rings is 1. The maximum Gasteiger partial charge on any atom is 0.410 e. The Bertz CT molecular complexity index is 833. The van der Waals surface area contributed by atoms with Gasteiger partial charge in [0.2, 0.25) is 0 Å². The van der Waals surface area contributed by atoms with Gasteiger partial charge in [0.05, 0.1) is 25.5 Å². The molecule has 7 nitrogen and oxygen atoms in total. The van der Waals surface area contributed by atoms with Crippen LogP contribution in [-0.2, 0) is 4.74 Å². The standard InChI is InChI=1S/C18H22F3N5O2S/c19-18(20,21)15-10-13(14-2-1-9-29-14)24-16-12(11-23-26(15)16)17(27)22-3-4-25-5-7-28-8-6-25/h1-2,9,11,13,15,24H,3-8,10H2,(H,22,27)/t13-,15-/m0/s1. The average molecular weight is 429 g/mol. The second-order valence-electron chi connectivity index (χ2n) is 7.07. The summed E-state index contributed by atoms with van der Waals surface area (Å²) in [6.07, 6.45) is -3.42. The van der Waals surface area contributed by atoms with Crippen molar-refractivity contribution >= 4 is 23.1 Å². The molecule has 1 amide bonds. The van der Waals surface area contributed by atoms with Crippen LogP contribution in [0.2, 0.25) is 0 Å². The minimum atomic E-state index is -4.46. The van der Waals surface area contributed by atoms with E-state index < -0.39 is 24.2 Å². The molecule has 2 aromatic heterocycles. The number of carbonyl (C=O) groups is 1. The van der Waals surface area contributed by atoms with Gasteiger partial charge in [-0.3, -0.25) is 9.69 Å². The number of amides is 1. The fraction of sp³-hybridized carbons (Fsp3) is 0.556. The number of carbonyl (C=O) groups excluding carboxylic acids is 1. The SMILES string of the molecule is O=C(NCCN1CCOCC1)c1cnn2c1N[C@H](c1cccs1)C[C@H]2C(F)(F)F. The lowest BCUT2D eigenvalue weighted by molar-refractivity contribution is -0.173. The summed E-state index contributed by atoms with van der Waals surface area (Å²) in [5, 5.41) is 11.6. The number of aromatic nitrogens is 2. The quantitative estimate of drug-likeness (QED) is 0.765. The number of halogens is 3. The molecular weight excluding hydrogens is 407 g/mol. The molecule has 1 saturated heterocycles. The van der Waals surface area contributed by atoms with Crippen LogP contribution in [0.5, 0.6) is 0 Å². The molecule has 2 aliphatic rings. The zero-order chi connectivity index (χ0) is 20.4. The van der Waals surface area contributed by atoms with Crippen molar-refractivity contribution in [1.82, 2.24) is 20.0 Å². The molecule has 158 valence electrons. The van der Waals surface area contributed by atoms with Crippen LogP contribution in [0.3, 0.4) is 0 Å². The summed E-state index contributed by atoms with van der Waals surface area (Å²) in [6, 6.07) is 1.30. The number of fused-ring (bicyclic) bond motifs is 1. The zero-order valence-electron chi connectivity index (χ0n) is 15.6. The van der Waals surface area contributed by atoms with Crippen molar-refractivity contribution in [1.29, 1.82) is 0 Å². The predicted molar refractivity (Wildman–Crippen MR) is 102 cm³/mol. The van der Waals surface area contributed by atoms with Gasteiger partial charge in [0.15, 0.2) is 6.04 Å². The lowest BCUT2D eigenvalue weighted by atomic mass is 10.0. The minimum absolute atomic E-state index is 0.112. The van der Waals surface area contributed by atoms with E-state index >= 15 is 0 Å². The summed E-state index contributed by atoms with van der Waals surface area (Å²) in [5.74, 6) is -0.319. The zero-order valence-corrected chi connectivity index (χ0v) is 16.4. The van der Waals surface area contributed by atoms with E-state index in [1.807, 2.05) is 5.38 Å². The van der Waals surface area contributed by atoms with Crippen LogP contribution in [0.25, 0.3) is 0 Å². The summed E-state index contributed by atoms with van der Waals surface area (Å²) in [6.45, 7) is 4.00. The molecule has 2 aromatic rings. The molecule has 0 aliphatic carbocycles. The molecule has 2 atom stereocenters. The Hall–Kier alpha value is -2.11. The Morgan fingerprint density at radius 1 is 1.38 bits per heavy atom. The summed E-state index contributed by atoms with van der Waals surface area (Å²) in [5.41, 5.74) is 0.127. The second kappa shape index (κ2) is 8.33. The van der Waals surface area contributed by atoms with Gasteiger partial charge in [-0.1, -0.05) is 6.07 Å². The summed E-state index contributed by atoms with van der Waals surface area (Å²) >= 11 is 1.39. The van der Waals surface area contributed by atoms with E-state index in [9.17, 15) is 18.0 Å². The van der Waals surface area contributed by atoms with E-state index in [0.29, 0.717) is 26.3 Å². The lowest BCUT2D eigenvalue weighted by Crippen LogP contribution is -2.41. The van der Waals surface area contributed by atoms with Crippen LogP contribution in [0, 0.1) is 0 Å². The normalized spacial score (nSPS) is 22.7. The van der Waals surface area contributed by atoms with Crippen LogP contribution < -0.4 is 10.6 Å². The van der Waals surface area contributed by atoms with E-state index in [1.165, 1.54) is 17.5 Å². The van der Waals surface area contributed by atoms with E-state index in [2.05, 4.69) is 20.6 Å². The Labute approximate surface area is 169 Å². The van der Waals surface area contributed by atoms with Crippen LogP contribution in [0.4, 0.5) is 19.0 Å². The molecule has 11 heteroatoms. The van der Waals surface area contributed by atoms with Crippen molar-refractivity contribution in [3.8, 4) is 0 Å². The van der Waals surface area contributed by atoms with Crippen LogP contribution >= 0.6 is 11.3 Å². The third-order valence-corrected chi connectivity index (χ3v) is 6.17. The number of nitrogens with zero attached hydrogens (tertiary/aromatic N) is 3. The van der Waals surface area contributed by atoms with Crippen molar-refractivity contribution in [2.75, 3.05) is 44.7 Å². The molecule has 1 fully saturated rings. The topological polar surface area (TPSA) is 71.4 Å². The molecule has 0 bridgehead atoms. The molecule has 0 saturated carbocycles. The Morgan fingerprint density at radius 3 is 2.86 bits per heavy atom. The number of hydrogen-bond donors (Lipinski definition) is 2. The highest BCUT2D eigenvalue weighted by molar-refractivity contribution is 7.10. The molecule has 0 spiro atoms. The second-order valence-corrected chi connectivity index (χ2v) is 8.05. The van der Waals surface area contributed by atoms with Crippen molar-refractivity contribution in [2.24, 2.45) is 0 Å². The molecule has 4 heterocycles. The van der Waals surface area contributed by atoms with Crippen molar-refractivity contribution < 1.29 is 22.7 Å². The Morgan fingerprint density at radius 2 is 2.17 bits per heavy atom. The van der Waals surface area contributed by atoms with E-state index in [0.717, 1.165) is 22.6 Å². The molecule has 0 radical (unpaired) electrons. The minimum Gasteiger partial charge on any atom is -0.379 e.